The summed E-state index contributed by atoms with van der Waals surface area (Å²) in [5.74, 6) is 1.67. The van der Waals surface area contributed by atoms with Gasteiger partial charge in [0.15, 0.2) is 0 Å². The van der Waals surface area contributed by atoms with Gasteiger partial charge in [0.1, 0.15) is 5.82 Å². The fourth-order valence-corrected chi connectivity index (χ4v) is 3.99. The van der Waals surface area contributed by atoms with Crippen LogP contribution in [0.25, 0.3) is 11.1 Å². The summed E-state index contributed by atoms with van der Waals surface area (Å²) in [6.45, 7) is 5.31. The second kappa shape index (κ2) is 9.74. The third-order valence-corrected chi connectivity index (χ3v) is 5.78. The number of carbonyl (C=O) groups excluding carboxylic acids is 1. The average molecular weight is 432 g/mol. The molecule has 2 aromatic heterocycles. The molecule has 1 unspecified atom stereocenters. The number of nitrogens with zero attached hydrogens (tertiary/aromatic N) is 6. The van der Waals surface area contributed by atoms with Gasteiger partial charge < -0.3 is 20.4 Å². The molecule has 32 heavy (non-hydrogen) atoms. The number of amides is 1. The summed E-state index contributed by atoms with van der Waals surface area (Å²) in [6, 6.07) is 14.4. The number of hydrogen-bond acceptors (Lipinski definition) is 7. The van der Waals surface area contributed by atoms with E-state index in [1.807, 2.05) is 55.0 Å². The molecule has 1 fully saturated rings. The molecule has 3 aromatic rings. The van der Waals surface area contributed by atoms with Gasteiger partial charge in [-0.2, -0.15) is 0 Å². The standard InChI is InChI=1S/C24H29N7O/c1-18-16-30(22-8-3-4-9-26-22)10-11-31(18)24-27-14-21(15-28-24)20-7-5-6-19(12-20)17-29(2)23(32)13-25/h3-9,12,14-15,18H,10-11,13,16-17,25H2,1-2H3. The van der Waals surface area contributed by atoms with Gasteiger partial charge in [-0.15, -0.1) is 0 Å². The Bertz CT molecular complexity index is 1040. The topological polar surface area (TPSA) is 91.5 Å². The third kappa shape index (κ3) is 4.86. The van der Waals surface area contributed by atoms with Crippen LogP contribution in [0.15, 0.2) is 61.1 Å². The van der Waals surface area contributed by atoms with Crippen molar-refractivity contribution in [3.05, 3.63) is 66.6 Å². The van der Waals surface area contributed by atoms with Crippen molar-refractivity contribution in [2.75, 3.05) is 43.0 Å². The van der Waals surface area contributed by atoms with Crippen LogP contribution in [0.5, 0.6) is 0 Å². The Morgan fingerprint density at radius 3 is 2.59 bits per heavy atom. The van der Waals surface area contributed by atoms with Crippen LogP contribution in [0.3, 0.4) is 0 Å². The molecule has 0 saturated carbocycles. The summed E-state index contributed by atoms with van der Waals surface area (Å²) >= 11 is 0. The summed E-state index contributed by atoms with van der Waals surface area (Å²) < 4.78 is 0. The third-order valence-electron chi connectivity index (χ3n) is 5.78. The van der Waals surface area contributed by atoms with Gasteiger partial charge in [0, 0.05) is 63.4 Å². The van der Waals surface area contributed by atoms with E-state index >= 15 is 0 Å². The van der Waals surface area contributed by atoms with Crippen molar-refractivity contribution in [3.63, 3.8) is 0 Å². The van der Waals surface area contributed by atoms with Gasteiger partial charge >= 0.3 is 0 Å². The number of benzene rings is 1. The number of anilines is 2. The van der Waals surface area contributed by atoms with Crippen LogP contribution in [-0.4, -0.2) is 65.0 Å². The molecule has 0 aliphatic carbocycles. The van der Waals surface area contributed by atoms with Crippen molar-refractivity contribution >= 4 is 17.7 Å². The van der Waals surface area contributed by atoms with Crippen molar-refractivity contribution < 1.29 is 4.79 Å². The van der Waals surface area contributed by atoms with Gasteiger partial charge in [0.25, 0.3) is 0 Å². The number of carbonyl (C=O) groups is 1. The number of likely N-dealkylation sites (N-methyl/N-ethyl adjacent to an activating group) is 1. The SMILES string of the molecule is CC1CN(c2ccccn2)CCN1c1ncc(-c2cccc(CN(C)C(=O)CN)c2)cn1. The number of rotatable bonds is 6. The smallest absolute Gasteiger partial charge is 0.236 e. The van der Waals surface area contributed by atoms with Crippen LogP contribution in [-0.2, 0) is 11.3 Å². The monoisotopic (exact) mass is 431 g/mol. The van der Waals surface area contributed by atoms with Gasteiger partial charge in [-0.25, -0.2) is 15.0 Å². The first-order valence-corrected chi connectivity index (χ1v) is 10.8. The van der Waals surface area contributed by atoms with Crippen molar-refractivity contribution in [2.24, 2.45) is 5.73 Å². The second-order valence-electron chi connectivity index (χ2n) is 8.10. The van der Waals surface area contributed by atoms with Crippen LogP contribution in [0.1, 0.15) is 12.5 Å². The van der Waals surface area contributed by atoms with Gasteiger partial charge in [0.05, 0.1) is 6.54 Å². The summed E-state index contributed by atoms with van der Waals surface area (Å²) in [5.41, 5.74) is 8.46. The van der Waals surface area contributed by atoms with Crippen LogP contribution in [0.4, 0.5) is 11.8 Å². The molecule has 1 aliphatic rings. The Balaban J connectivity index is 1.43. The molecule has 4 rings (SSSR count). The van der Waals surface area contributed by atoms with Crippen LogP contribution in [0, 0.1) is 0 Å². The highest BCUT2D eigenvalue weighted by Crippen LogP contribution is 2.23. The molecule has 1 atom stereocenters. The lowest BCUT2D eigenvalue weighted by atomic mass is 10.1. The Morgan fingerprint density at radius 1 is 1.09 bits per heavy atom. The molecule has 0 bridgehead atoms. The quantitative estimate of drug-likeness (QED) is 0.639. The van der Waals surface area contributed by atoms with E-state index in [0.29, 0.717) is 6.54 Å². The molecule has 8 nitrogen and oxygen atoms in total. The van der Waals surface area contributed by atoms with Crippen LogP contribution >= 0.6 is 0 Å². The zero-order chi connectivity index (χ0) is 22.5. The van der Waals surface area contributed by atoms with Gasteiger partial charge in [0.2, 0.25) is 11.9 Å². The maximum Gasteiger partial charge on any atom is 0.236 e. The van der Waals surface area contributed by atoms with E-state index in [0.717, 1.165) is 48.1 Å². The van der Waals surface area contributed by atoms with E-state index in [1.165, 1.54) is 0 Å². The van der Waals surface area contributed by atoms with E-state index < -0.39 is 0 Å². The van der Waals surface area contributed by atoms with Crippen molar-refractivity contribution in [3.8, 4) is 11.1 Å². The summed E-state index contributed by atoms with van der Waals surface area (Å²) in [7, 11) is 1.76. The molecule has 2 N–H and O–H groups in total. The normalized spacial score (nSPS) is 16.2. The number of hydrogen-bond donors (Lipinski definition) is 1. The van der Waals surface area contributed by atoms with Crippen molar-refractivity contribution in [1.29, 1.82) is 0 Å². The maximum atomic E-state index is 11.8. The lowest BCUT2D eigenvalue weighted by molar-refractivity contribution is -0.128. The first-order chi connectivity index (χ1) is 15.5. The fourth-order valence-electron chi connectivity index (χ4n) is 3.99. The summed E-state index contributed by atoms with van der Waals surface area (Å²) in [4.78, 5) is 31.7. The first kappa shape index (κ1) is 21.7. The number of aromatic nitrogens is 3. The first-order valence-electron chi connectivity index (χ1n) is 10.8. The minimum atomic E-state index is -0.0830. The zero-order valence-electron chi connectivity index (χ0n) is 18.6. The van der Waals surface area contributed by atoms with Gasteiger partial charge in [-0.3, -0.25) is 4.79 Å². The van der Waals surface area contributed by atoms with Crippen molar-refractivity contribution in [2.45, 2.75) is 19.5 Å². The molecule has 0 spiro atoms. The molecule has 1 aromatic carbocycles. The molecule has 8 heteroatoms. The van der Waals surface area contributed by atoms with Crippen LogP contribution in [0.2, 0.25) is 0 Å². The fraction of sp³-hybridized carbons (Fsp3) is 0.333. The van der Waals surface area contributed by atoms with Crippen LogP contribution < -0.4 is 15.5 Å². The number of nitrogens with two attached hydrogens (primary N) is 1. The van der Waals surface area contributed by atoms with E-state index in [1.54, 1.807) is 11.9 Å². The van der Waals surface area contributed by atoms with E-state index in [9.17, 15) is 4.79 Å². The predicted molar refractivity (Wildman–Crippen MR) is 126 cm³/mol. The lowest BCUT2D eigenvalue weighted by Gasteiger charge is -2.40. The second-order valence-corrected chi connectivity index (χ2v) is 8.10. The highest BCUT2D eigenvalue weighted by atomic mass is 16.2. The number of piperazine rings is 1. The largest absolute Gasteiger partial charge is 0.353 e. The summed E-state index contributed by atoms with van der Waals surface area (Å²) in [5, 5.41) is 0. The van der Waals surface area contributed by atoms with E-state index in [4.69, 9.17) is 5.73 Å². The van der Waals surface area contributed by atoms with E-state index in [-0.39, 0.29) is 18.5 Å². The molecule has 3 heterocycles. The van der Waals surface area contributed by atoms with Gasteiger partial charge in [-0.05, 0) is 36.2 Å². The Hall–Kier alpha value is -3.52. The number of pyridine rings is 1. The van der Waals surface area contributed by atoms with E-state index in [2.05, 4.69) is 37.7 Å². The molecular formula is C24H29N7O. The zero-order valence-corrected chi connectivity index (χ0v) is 18.6. The highest BCUT2D eigenvalue weighted by Gasteiger charge is 2.26. The molecule has 0 radical (unpaired) electrons. The Kier molecular flexibility index (Phi) is 6.61. The summed E-state index contributed by atoms with van der Waals surface area (Å²) in [6.07, 6.45) is 5.57. The average Bonchev–Trinajstić information content (AvgIpc) is 2.84. The molecule has 1 aliphatic heterocycles. The molecule has 166 valence electrons. The lowest BCUT2D eigenvalue weighted by Crippen LogP contribution is -2.53. The predicted octanol–water partition coefficient (Wildman–Crippen LogP) is 2.17. The highest BCUT2D eigenvalue weighted by molar-refractivity contribution is 5.77. The van der Waals surface area contributed by atoms with Crippen molar-refractivity contribution in [1.82, 2.24) is 19.9 Å². The minimum Gasteiger partial charge on any atom is -0.353 e. The Labute approximate surface area is 188 Å². The minimum absolute atomic E-state index is 0.0139. The molecule has 1 amide bonds. The molecular weight excluding hydrogens is 402 g/mol. The Morgan fingerprint density at radius 2 is 1.91 bits per heavy atom. The maximum absolute atomic E-state index is 11.8. The van der Waals surface area contributed by atoms with Gasteiger partial charge in [-0.1, -0.05) is 24.3 Å². The molecule has 1 saturated heterocycles.